The number of carbonyl (C=O) groups is 1. The van der Waals surface area contributed by atoms with Gasteiger partial charge in [0.2, 0.25) is 0 Å². The van der Waals surface area contributed by atoms with E-state index in [1.54, 1.807) is 0 Å². The Kier molecular flexibility index (Phi) is 5.77. The van der Waals surface area contributed by atoms with Gasteiger partial charge in [0.05, 0.1) is 0 Å². The van der Waals surface area contributed by atoms with Crippen LogP contribution in [0.4, 0.5) is 0 Å². The van der Waals surface area contributed by atoms with Crippen molar-refractivity contribution in [2.45, 2.75) is 45.1 Å². The van der Waals surface area contributed by atoms with E-state index in [1.807, 2.05) is 4.90 Å². The fourth-order valence-corrected chi connectivity index (χ4v) is 2.39. The molecule has 1 fully saturated rings. The van der Waals surface area contributed by atoms with Gasteiger partial charge in [0.25, 0.3) is 0 Å². The fraction of sp³-hybridized carbons (Fsp3) is 0.917. The molecule has 0 spiro atoms. The zero-order valence-electron chi connectivity index (χ0n) is 10.1. The van der Waals surface area contributed by atoms with Gasteiger partial charge in [0, 0.05) is 13.2 Å². The highest BCUT2D eigenvalue weighted by atomic mass is 16.4. The van der Waals surface area contributed by atoms with Gasteiger partial charge in [-0.25, -0.2) is 0 Å². The molecule has 0 amide bonds. The second-order valence-corrected chi connectivity index (χ2v) is 4.68. The van der Waals surface area contributed by atoms with Crippen LogP contribution in [0.25, 0.3) is 0 Å². The van der Waals surface area contributed by atoms with E-state index in [1.165, 1.54) is 0 Å². The zero-order chi connectivity index (χ0) is 12.0. The normalized spacial score (nSPS) is 24.2. The van der Waals surface area contributed by atoms with E-state index in [2.05, 4.69) is 6.92 Å². The van der Waals surface area contributed by atoms with Gasteiger partial charge in [-0.05, 0) is 31.7 Å². The maximum Gasteiger partial charge on any atom is 0.320 e. The Hall–Kier alpha value is -0.610. The lowest BCUT2D eigenvalue weighted by Gasteiger charge is -2.35. The van der Waals surface area contributed by atoms with Crippen molar-refractivity contribution in [1.29, 1.82) is 0 Å². The molecule has 16 heavy (non-hydrogen) atoms. The molecular weight excluding hydrogens is 206 g/mol. The smallest absolute Gasteiger partial charge is 0.320 e. The molecule has 0 bridgehead atoms. The third kappa shape index (κ3) is 3.76. The highest BCUT2D eigenvalue weighted by molar-refractivity contribution is 5.73. The highest BCUT2D eigenvalue weighted by Gasteiger charge is 2.29. The molecule has 1 heterocycles. The largest absolute Gasteiger partial charge is 0.480 e. The molecule has 4 heteroatoms. The first kappa shape index (κ1) is 13.5. The second kappa shape index (κ2) is 6.86. The van der Waals surface area contributed by atoms with Crippen molar-refractivity contribution in [3.05, 3.63) is 0 Å². The van der Waals surface area contributed by atoms with Gasteiger partial charge >= 0.3 is 5.97 Å². The Morgan fingerprint density at radius 2 is 2.31 bits per heavy atom. The third-order valence-electron chi connectivity index (χ3n) is 3.37. The molecule has 4 nitrogen and oxygen atoms in total. The molecule has 0 aliphatic carbocycles. The summed E-state index contributed by atoms with van der Waals surface area (Å²) in [7, 11) is 0. The van der Waals surface area contributed by atoms with Crippen LogP contribution in [0.3, 0.4) is 0 Å². The molecule has 0 aromatic rings. The van der Waals surface area contributed by atoms with Gasteiger partial charge in [0.1, 0.15) is 6.04 Å². The summed E-state index contributed by atoms with van der Waals surface area (Å²) in [6.07, 6.45) is 4.73. The third-order valence-corrected chi connectivity index (χ3v) is 3.37. The molecule has 1 saturated heterocycles. The number of likely N-dealkylation sites (tertiary alicyclic amines) is 1. The van der Waals surface area contributed by atoms with Gasteiger partial charge in [0.15, 0.2) is 0 Å². The van der Waals surface area contributed by atoms with Crippen LogP contribution in [-0.4, -0.2) is 46.8 Å². The van der Waals surface area contributed by atoms with E-state index in [0.29, 0.717) is 0 Å². The number of carboxylic acids is 1. The minimum absolute atomic E-state index is 0.177. The Morgan fingerprint density at radius 3 is 2.88 bits per heavy atom. The number of hydrogen-bond donors (Lipinski definition) is 2. The summed E-state index contributed by atoms with van der Waals surface area (Å²) in [4.78, 5) is 13.2. The number of piperidine rings is 1. The van der Waals surface area contributed by atoms with Crippen LogP contribution < -0.4 is 0 Å². The summed E-state index contributed by atoms with van der Waals surface area (Å²) in [5.41, 5.74) is 0. The first-order chi connectivity index (χ1) is 7.69. The second-order valence-electron chi connectivity index (χ2n) is 4.68. The van der Waals surface area contributed by atoms with Crippen LogP contribution in [0.1, 0.15) is 39.0 Å². The summed E-state index contributed by atoms with van der Waals surface area (Å²) < 4.78 is 0. The molecule has 2 N–H and O–H groups in total. The number of hydrogen-bond acceptors (Lipinski definition) is 3. The number of aliphatic hydroxyl groups is 1. The van der Waals surface area contributed by atoms with E-state index in [9.17, 15) is 9.90 Å². The quantitative estimate of drug-likeness (QED) is 0.721. The lowest BCUT2D eigenvalue weighted by Crippen LogP contribution is -2.47. The lowest BCUT2D eigenvalue weighted by atomic mass is 9.96. The summed E-state index contributed by atoms with van der Waals surface area (Å²) in [5, 5.41) is 18.3. The molecule has 1 aliphatic rings. The van der Waals surface area contributed by atoms with Crippen molar-refractivity contribution in [2.24, 2.45) is 5.92 Å². The van der Waals surface area contributed by atoms with Gasteiger partial charge in [-0.2, -0.15) is 0 Å². The van der Waals surface area contributed by atoms with E-state index in [-0.39, 0.29) is 18.6 Å². The van der Waals surface area contributed by atoms with Crippen molar-refractivity contribution in [3.63, 3.8) is 0 Å². The van der Waals surface area contributed by atoms with Crippen molar-refractivity contribution in [1.82, 2.24) is 4.90 Å². The number of aliphatic hydroxyl groups excluding tert-OH is 1. The average molecular weight is 229 g/mol. The highest BCUT2D eigenvalue weighted by Crippen LogP contribution is 2.20. The number of carboxylic acid groups (broad SMARTS) is 1. The predicted molar refractivity (Wildman–Crippen MR) is 62.3 cm³/mol. The van der Waals surface area contributed by atoms with Gasteiger partial charge in [-0.15, -0.1) is 0 Å². The Labute approximate surface area is 97.3 Å². The average Bonchev–Trinajstić information content (AvgIpc) is 2.29. The van der Waals surface area contributed by atoms with Crippen LogP contribution >= 0.6 is 0 Å². The molecule has 0 radical (unpaired) electrons. The van der Waals surface area contributed by atoms with Crippen molar-refractivity contribution >= 4 is 5.97 Å². The number of rotatable bonds is 6. The van der Waals surface area contributed by atoms with E-state index >= 15 is 0 Å². The number of nitrogens with zero attached hydrogens (tertiary/aromatic N) is 1. The summed E-state index contributed by atoms with van der Waals surface area (Å²) in [6, 6.07) is -0.353. The minimum Gasteiger partial charge on any atom is -0.480 e. The van der Waals surface area contributed by atoms with Crippen LogP contribution in [-0.2, 0) is 4.79 Å². The van der Waals surface area contributed by atoms with Crippen molar-refractivity contribution in [3.8, 4) is 0 Å². The Morgan fingerprint density at radius 1 is 1.56 bits per heavy atom. The van der Waals surface area contributed by atoms with Gasteiger partial charge in [-0.1, -0.05) is 19.8 Å². The Balaban J connectivity index is 2.52. The molecule has 0 aromatic heterocycles. The SMILES string of the molecule is CCCCC(C(=O)O)N1CCCC(CO)C1. The van der Waals surface area contributed by atoms with Crippen LogP contribution in [0.2, 0.25) is 0 Å². The predicted octanol–water partition coefficient (Wildman–Crippen LogP) is 1.33. The minimum atomic E-state index is -0.716. The summed E-state index contributed by atoms with van der Waals surface area (Å²) in [6.45, 7) is 3.84. The topological polar surface area (TPSA) is 60.8 Å². The van der Waals surface area contributed by atoms with Crippen LogP contribution in [0.5, 0.6) is 0 Å². The molecule has 1 rings (SSSR count). The number of unbranched alkanes of at least 4 members (excludes halogenated alkanes) is 1. The fourth-order valence-electron chi connectivity index (χ4n) is 2.39. The Bertz CT molecular complexity index is 220. The molecular formula is C12H23NO3. The molecule has 2 unspecified atom stereocenters. The molecule has 1 aliphatic heterocycles. The molecule has 0 aromatic carbocycles. The van der Waals surface area contributed by atoms with E-state index in [0.717, 1.165) is 45.2 Å². The van der Waals surface area contributed by atoms with Crippen LogP contribution in [0, 0.1) is 5.92 Å². The van der Waals surface area contributed by atoms with Crippen molar-refractivity contribution in [2.75, 3.05) is 19.7 Å². The van der Waals surface area contributed by atoms with Crippen molar-refractivity contribution < 1.29 is 15.0 Å². The maximum atomic E-state index is 11.2. The van der Waals surface area contributed by atoms with Gasteiger partial charge < -0.3 is 10.2 Å². The lowest BCUT2D eigenvalue weighted by molar-refractivity contribution is -0.144. The first-order valence-corrected chi connectivity index (χ1v) is 6.26. The van der Waals surface area contributed by atoms with Gasteiger partial charge in [-0.3, -0.25) is 9.69 Å². The molecule has 0 saturated carbocycles. The monoisotopic (exact) mass is 229 g/mol. The number of aliphatic carboxylic acids is 1. The summed E-state index contributed by atoms with van der Waals surface area (Å²) >= 11 is 0. The molecule has 2 atom stereocenters. The molecule has 94 valence electrons. The van der Waals surface area contributed by atoms with E-state index in [4.69, 9.17) is 5.11 Å². The van der Waals surface area contributed by atoms with E-state index < -0.39 is 5.97 Å². The summed E-state index contributed by atoms with van der Waals surface area (Å²) in [5.74, 6) is -0.454. The zero-order valence-corrected chi connectivity index (χ0v) is 10.1. The standard InChI is InChI=1S/C12H23NO3/c1-2-3-6-11(12(15)16)13-7-4-5-10(8-13)9-14/h10-11,14H,2-9H2,1H3,(H,15,16). The maximum absolute atomic E-state index is 11.2. The first-order valence-electron chi connectivity index (χ1n) is 6.26. The van der Waals surface area contributed by atoms with Crippen LogP contribution in [0.15, 0.2) is 0 Å².